The Hall–Kier alpha value is -3.26. The summed E-state index contributed by atoms with van der Waals surface area (Å²) >= 11 is 0. The van der Waals surface area contributed by atoms with Crippen LogP contribution in [-0.2, 0) is 0 Å². The molecule has 1 aliphatic rings. The van der Waals surface area contributed by atoms with Crippen molar-refractivity contribution in [2.24, 2.45) is 0 Å². The summed E-state index contributed by atoms with van der Waals surface area (Å²) in [7, 11) is 0. The van der Waals surface area contributed by atoms with Gasteiger partial charge in [-0.2, -0.15) is 0 Å². The monoisotopic (exact) mass is 310 g/mol. The summed E-state index contributed by atoms with van der Waals surface area (Å²) in [6.45, 7) is 4.33. The van der Waals surface area contributed by atoms with Crippen LogP contribution in [0.15, 0.2) is 97.7 Å². The van der Waals surface area contributed by atoms with E-state index < -0.39 is 0 Å². The zero-order valence-corrected chi connectivity index (χ0v) is 13.3. The highest BCUT2D eigenvalue weighted by molar-refractivity contribution is 5.95. The first kappa shape index (κ1) is 14.3. The average molecular weight is 310 g/mol. The summed E-state index contributed by atoms with van der Waals surface area (Å²) in [5.41, 5.74) is 6.46. The molecule has 1 heterocycles. The van der Waals surface area contributed by atoms with Crippen molar-refractivity contribution in [2.45, 2.75) is 0 Å². The first-order chi connectivity index (χ1) is 11.8. The Morgan fingerprint density at radius 1 is 0.750 bits per heavy atom. The minimum atomic E-state index is 0.956. The van der Waals surface area contributed by atoms with Crippen LogP contribution in [0.4, 0.5) is 11.4 Å². The molecule has 0 radical (unpaired) electrons. The number of hydrogen-bond donors (Lipinski definition) is 1. The van der Waals surface area contributed by atoms with Crippen LogP contribution < -0.4 is 10.2 Å². The quantitative estimate of drug-likeness (QED) is 0.678. The van der Waals surface area contributed by atoms with Gasteiger partial charge in [0.05, 0.1) is 17.1 Å². The molecule has 0 atom stereocenters. The molecule has 0 bridgehead atoms. The molecule has 2 heteroatoms. The molecule has 1 aliphatic heterocycles. The number of benzene rings is 3. The molecule has 0 amide bonds. The van der Waals surface area contributed by atoms with E-state index in [9.17, 15) is 0 Å². The van der Waals surface area contributed by atoms with Crippen molar-refractivity contribution >= 4 is 22.8 Å². The van der Waals surface area contributed by atoms with Gasteiger partial charge in [-0.3, -0.25) is 0 Å². The fraction of sp³-hybridized carbons (Fsp3) is 0. The van der Waals surface area contributed by atoms with Crippen molar-refractivity contribution in [3.63, 3.8) is 0 Å². The van der Waals surface area contributed by atoms with E-state index in [-0.39, 0.29) is 0 Å². The topological polar surface area (TPSA) is 15.3 Å². The van der Waals surface area contributed by atoms with Crippen molar-refractivity contribution in [3.8, 4) is 0 Å². The first-order valence-corrected chi connectivity index (χ1v) is 8.00. The molecule has 0 saturated carbocycles. The molecule has 0 aromatic heterocycles. The molecule has 0 aliphatic carbocycles. The van der Waals surface area contributed by atoms with Crippen molar-refractivity contribution in [2.75, 3.05) is 10.2 Å². The third kappa shape index (κ3) is 2.59. The maximum Gasteiger partial charge on any atom is 0.0691 e. The van der Waals surface area contributed by atoms with Crippen LogP contribution in [0, 0.1) is 0 Å². The Morgan fingerprint density at radius 3 is 2.12 bits per heavy atom. The Morgan fingerprint density at radius 2 is 1.38 bits per heavy atom. The summed E-state index contributed by atoms with van der Waals surface area (Å²) in [5.74, 6) is 0. The van der Waals surface area contributed by atoms with E-state index in [1.807, 2.05) is 36.4 Å². The van der Waals surface area contributed by atoms with Gasteiger partial charge in [0.2, 0.25) is 0 Å². The van der Waals surface area contributed by atoms with Crippen LogP contribution in [0.1, 0.15) is 11.1 Å². The van der Waals surface area contributed by atoms with Gasteiger partial charge in [0, 0.05) is 11.9 Å². The lowest BCUT2D eigenvalue weighted by molar-refractivity contribution is 1.26. The Bertz CT molecular complexity index is 896. The second-order valence-corrected chi connectivity index (χ2v) is 5.73. The van der Waals surface area contributed by atoms with Gasteiger partial charge in [-0.25, -0.2) is 0 Å². The van der Waals surface area contributed by atoms with Crippen LogP contribution >= 0.6 is 0 Å². The molecule has 2 nitrogen and oxygen atoms in total. The zero-order valence-electron chi connectivity index (χ0n) is 13.3. The molecule has 4 rings (SSSR count). The highest BCUT2D eigenvalue weighted by Crippen LogP contribution is 2.38. The molecule has 3 aromatic rings. The molecule has 0 spiro atoms. The van der Waals surface area contributed by atoms with Crippen molar-refractivity contribution in [1.82, 2.24) is 0 Å². The number of anilines is 2. The van der Waals surface area contributed by atoms with Gasteiger partial charge in [0.25, 0.3) is 0 Å². The molecular weight excluding hydrogens is 292 g/mol. The Kier molecular flexibility index (Phi) is 3.64. The van der Waals surface area contributed by atoms with E-state index >= 15 is 0 Å². The lowest BCUT2D eigenvalue weighted by Gasteiger charge is -2.31. The van der Waals surface area contributed by atoms with Crippen molar-refractivity contribution in [1.29, 1.82) is 0 Å². The van der Waals surface area contributed by atoms with Gasteiger partial charge >= 0.3 is 0 Å². The predicted molar refractivity (Wildman–Crippen MR) is 102 cm³/mol. The molecule has 0 saturated heterocycles. The summed E-state index contributed by atoms with van der Waals surface area (Å²) in [5, 5.41) is 3.53. The van der Waals surface area contributed by atoms with E-state index in [4.69, 9.17) is 0 Å². The summed E-state index contributed by atoms with van der Waals surface area (Å²) in [6, 6.07) is 28.9. The second kappa shape index (κ2) is 6.09. The molecule has 24 heavy (non-hydrogen) atoms. The van der Waals surface area contributed by atoms with Crippen LogP contribution in [0.25, 0.3) is 11.4 Å². The number of hydrogen-bond acceptors (Lipinski definition) is 2. The minimum Gasteiger partial charge on any atom is -0.352 e. The molecule has 116 valence electrons. The van der Waals surface area contributed by atoms with Gasteiger partial charge in [-0.15, -0.1) is 0 Å². The van der Waals surface area contributed by atoms with Gasteiger partial charge in [-0.1, -0.05) is 79.4 Å². The average Bonchev–Trinajstić information content (AvgIpc) is 2.68. The lowest BCUT2D eigenvalue weighted by Crippen LogP contribution is -2.21. The SMILES string of the molecule is C=C(c1ccccc1)N1C=C(c2ccccc2)Nc2ccccc21. The number of para-hydroxylation sites is 2. The number of nitrogens with zero attached hydrogens (tertiary/aromatic N) is 1. The van der Waals surface area contributed by atoms with Crippen molar-refractivity contribution < 1.29 is 0 Å². The summed E-state index contributed by atoms with van der Waals surface area (Å²) in [6.07, 6.45) is 2.12. The van der Waals surface area contributed by atoms with Crippen LogP contribution in [-0.4, -0.2) is 0 Å². The number of nitrogens with one attached hydrogen (secondary N) is 1. The van der Waals surface area contributed by atoms with E-state index in [2.05, 4.69) is 71.5 Å². The van der Waals surface area contributed by atoms with Crippen LogP contribution in [0.5, 0.6) is 0 Å². The number of rotatable bonds is 3. The van der Waals surface area contributed by atoms with Gasteiger partial charge in [0.15, 0.2) is 0 Å². The molecular formula is C22H18N2. The normalized spacial score (nSPS) is 12.8. The third-order valence-corrected chi connectivity index (χ3v) is 4.17. The predicted octanol–water partition coefficient (Wildman–Crippen LogP) is 5.59. The highest BCUT2D eigenvalue weighted by atomic mass is 15.2. The largest absolute Gasteiger partial charge is 0.352 e. The summed E-state index contributed by atoms with van der Waals surface area (Å²) < 4.78 is 0. The highest BCUT2D eigenvalue weighted by Gasteiger charge is 2.20. The number of fused-ring (bicyclic) bond motifs is 1. The van der Waals surface area contributed by atoms with E-state index in [1.165, 1.54) is 0 Å². The molecule has 0 fully saturated rings. The smallest absolute Gasteiger partial charge is 0.0691 e. The van der Waals surface area contributed by atoms with Gasteiger partial charge in [0.1, 0.15) is 0 Å². The Balaban J connectivity index is 1.81. The van der Waals surface area contributed by atoms with Crippen LogP contribution in [0.2, 0.25) is 0 Å². The minimum absolute atomic E-state index is 0.956. The molecule has 1 N–H and O–H groups in total. The van der Waals surface area contributed by atoms with Crippen LogP contribution in [0.3, 0.4) is 0 Å². The van der Waals surface area contributed by atoms with E-state index in [1.54, 1.807) is 0 Å². The molecule has 0 unspecified atom stereocenters. The lowest BCUT2D eigenvalue weighted by atomic mass is 10.1. The maximum atomic E-state index is 4.33. The van der Waals surface area contributed by atoms with E-state index in [0.717, 1.165) is 33.9 Å². The van der Waals surface area contributed by atoms with Gasteiger partial charge < -0.3 is 10.2 Å². The van der Waals surface area contributed by atoms with E-state index in [0.29, 0.717) is 0 Å². The Labute approximate surface area is 142 Å². The maximum absolute atomic E-state index is 4.33. The summed E-state index contributed by atoms with van der Waals surface area (Å²) in [4.78, 5) is 2.16. The second-order valence-electron chi connectivity index (χ2n) is 5.73. The zero-order chi connectivity index (χ0) is 16.4. The first-order valence-electron chi connectivity index (χ1n) is 8.00. The van der Waals surface area contributed by atoms with Gasteiger partial charge in [-0.05, 0) is 23.3 Å². The third-order valence-electron chi connectivity index (χ3n) is 4.17. The molecule has 3 aromatic carbocycles. The van der Waals surface area contributed by atoms with Crippen molar-refractivity contribution in [3.05, 3.63) is 109 Å². The fourth-order valence-corrected chi connectivity index (χ4v) is 2.92. The standard InChI is InChI=1S/C22H18N2/c1-17(18-10-4-2-5-11-18)24-16-21(19-12-6-3-7-13-19)23-20-14-8-9-15-22(20)24/h2-16,23H,1H2. The fourth-order valence-electron chi connectivity index (χ4n) is 2.92.